The SMILES string of the molecule is CCCC=CC1(C)COC(C)C1. The molecule has 1 fully saturated rings. The summed E-state index contributed by atoms with van der Waals surface area (Å²) < 4.78 is 5.55. The van der Waals surface area contributed by atoms with Gasteiger partial charge in [-0.15, -0.1) is 0 Å². The van der Waals surface area contributed by atoms with E-state index in [0.29, 0.717) is 11.5 Å². The van der Waals surface area contributed by atoms with Gasteiger partial charge < -0.3 is 4.74 Å². The summed E-state index contributed by atoms with van der Waals surface area (Å²) in [5.74, 6) is 0. The Balaban J connectivity index is 2.39. The van der Waals surface area contributed by atoms with Crippen LogP contribution in [0, 0.1) is 5.41 Å². The molecule has 0 amide bonds. The van der Waals surface area contributed by atoms with E-state index in [0.717, 1.165) is 6.61 Å². The molecule has 2 unspecified atom stereocenters. The zero-order valence-corrected chi connectivity index (χ0v) is 8.47. The van der Waals surface area contributed by atoms with Gasteiger partial charge in [-0.3, -0.25) is 0 Å². The summed E-state index contributed by atoms with van der Waals surface area (Å²) in [5.41, 5.74) is 0.314. The number of ether oxygens (including phenoxy) is 1. The maximum absolute atomic E-state index is 5.55. The van der Waals surface area contributed by atoms with Gasteiger partial charge >= 0.3 is 0 Å². The topological polar surface area (TPSA) is 9.23 Å². The normalized spacial score (nSPS) is 36.4. The van der Waals surface area contributed by atoms with Crippen molar-refractivity contribution >= 4 is 0 Å². The molecule has 1 nitrogen and oxygen atoms in total. The van der Waals surface area contributed by atoms with Crippen LogP contribution in [0.25, 0.3) is 0 Å². The molecule has 1 rings (SSSR count). The second-order valence-electron chi connectivity index (χ2n) is 4.17. The summed E-state index contributed by atoms with van der Waals surface area (Å²) >= 11 is 0. The van der Waals surface area contributed by atoms with E-state index in [1.54, 1.807) is 0 Å². The van der Waals surface area contributed by atoms with Crippen LogP contribution < -0.4 is 0 Å². The fourth-order valence-corrected chi connectivity index (χ4v) is 1.76. The number of rotatable bonds is 3. The Hall–Kier alpha value is -0.300. The van der Waals surface area contributed by atoms with E-state index in [9.17, 15) is 0 Å². The van der Waals surface area contributed by atoms with Crippen molar-refractivity contribution in [3.63, 3.8) is 0 Å². The molecule has 0 aromatic heterocycles. The first-order valence-corrected chi connectivity index (χ1v) is 4.95. The van der Waals surface area contributed by atoms with Crippen molar-refractivity contribution in [3.8, 4) is 0 Å². The minimum Gasteiger partial charge on any atom is -0.378 e. The first kappa shape index (κ1) is 9.79. The predicted octanol–water partition coefficient (Wildman–Crippen LogP) is 3.16. The molecule has 1 heterocycles. The summed E-state index contributed by atoms with van der Waals surface area (Å²) in [7, 11) is 0. The van der Waals surface area contributed by atoms with Gasteiger partial charge in [0.25, 0.3) is 0 Å². The van der Waals surface area contributed by atoms with Crippen LogP contribution in [-0.4, -0.2) is 12.7 Å². The lowest BCUT2D eigenvalue weighted by atomic mass is 9.87. The summed E-state index contributed by atoms with van der Waals surface area (Å²) in [4.78, 5) is 0. The molecule has 1 saturated heterocycles. The molecule has 0 radical (unpaired) electrons. The quantitative estimate of drug-likeness (QED) is 0.588. The van der Waals surface area contributed by atoms with Gasteiger partial charge in [-0.1, -0.05) is 32.4 Å². The van der Waals surface area contributed by atoms with Crippen LogP contribution in [0.3, 0.4) is 0 Å². The molecule has 0 saturated carbocycles. The van der Waals surface area contributed by atoms with Crippen LogP contribution in [0.1, 0.15) is 40.0 Å². The van der Waals surface area contributed by atoms with Crippen molar-refractivity contribution in [2.75, 3.05) is 6.61 Å². The van der Waals surface area contributed by atoms with Gasteiger partial charge in [-0.05, 0) is 19.8 Å². The first-order chi connectivity index (χ1) is 5.66. The lowest BCUT2D eigenvalue weighted by molar-refractivity contribution is 0.115. The molecule has 0 aliphatic carbocycles. The molecule has 12 heavy (non-hydrogen) atoms. The van der Waals surface area contributed by atoms with Crippen molar-refractivity contribution in [1.82, 2.24) is 0 Å². The molecule has 0 aromatic rings. The molecule has 70 valence electrons. The largest absolute Gasteiger partial charge is 0.378 e. The Morgan fingerprint density at radius 3 is 2.83 bits per heavy atom. The molecule has 0 N–H and O–H groups in total. The third-order valence-corrected chi connectivity index (χ3v) is 2.43. The Kier molecular flexibility index (Phi) is 3.33. The minimum atomic E-state index is 0.314. The Morgan fingerprint density at radius 1 is 1.58 bits per heavy atom. The van der Waals surface area contributed by atoms with E-state index in [-0.39, 0.29) is 0 Å². The molecule has 1 aliphatic rings. The van der Waals surface area contributed by atoms with Gasteiger partial charge in [-0.25, -0.2) is 0 Å². The van der Waals surface area contributed by atoms with Gasteiger partial charge in [0, 0.05) is 5.41 Å². The van der Waals surface area contributed by atoms with Gasteiger partial charge in [0.05, 0.1) is 12.7 Å². The molecule has 2 atom stereocenters. The number of unbranched alkanes of at least 4 members (excludes halogenated alkanes) is 1. The second-order valence-corrected chi connectivity index (χ2v) is 4.17. The van der Waals surface area contributed by atoms with E-state index in [4.69, 9.17) is 4.74 Å². The third kappa shape index (κ3) is 2.63. The van der Waals surface area contributed by atoms with Crippen molar-refractivity contribution in [1.29, 1.82) is 0 Å². The average Bonchev–Trinajstić information content (AvgIpc) is 2.32. The monoisotopic (exact) mass is 168 g/mol. The standard InChI is InChI=1S/C11H20O/c1-4-5-6-7-11(3)8-10(2)12-9-11/h6-7,10H,4-5,8-9H2,1-3H3. The molecule has 0 aromatic carbocycles. The second kappa shape index (κ2) is 4.08. The highest BCUT2D eigenvalue weighted by molar-refractivity contribution is 5.00. The highest BCUT2D eigenvalue weighted by Gasteiger charge is 2.31. The van der Waals surface area contributed by atoms with Gasteiger partial charge in [0.15, 0.2) is 0 Å². The Morgan fingerprint density at radius 2 is 2.33 bits per heavy atom. The molecule has 1 heteroatoms. The zero-order valence-electron chi connectivity index (χ0n) is 8.47. The predicted molar refractivity (Wildman–Crippen MR) is 52.2 cm³/mol. The molecule has 0 spiro atoms. The average molecular weight is 168 g/mol. The van der Waals surface area contributed by atoms with E-state index >= 15 is 0 Å². The van der Waals surface area contributed by atoms with Crippen molar-refractivity contribution < 1.29 is 4.74 Å². The van der Waals surface area contributed by atoms with Crippen molar-refractivity contribution in [2.24, 2.45) is 5.41 Å². The smallest absolute Gasteiger partial charge is 0.0558 e. The third-order valence-electron chi connectivity index (χ3n) is 2.43. The molecule has 0 bridgehead atoms. The minimum absolute atomic E-state index is 0.314. The fraction of sp³-hybridized carbons (Fsp3) is 0.818. The first-order valence-electron chi connectivity index (χ1n) is 4.95. The zero-order chi connectivity index (χ0) is 9.03. The van der Waals surface area contributed by atoms with Crippen LogP contribution in [0.4, 0.5) is 0 Å². The summed E-state index contributed by atoms with van der Waals surface area (Å²) in [5, 5.41) is 0. The summed E-state index contributed by atoms with van der Waals surface area (Å²) in [6.07, 6.45) is 8.68. The van der Waals surface area contributed by atoms with E-state index in [1.807, 2.05) is 0 Å². The number of hydrogen-bond acceptors (Lipinski definition) is 1. The van der Waals surface area contributed by atoms with Crippen LogP contribution in [0.15, 0.2) is 12.2 Å². The van der Waals surface area contributed by atoms with Crippen LogP contribution in [0.2, 0.25) is 0 Å². The molecule has 1 aliphatic heterocycles. The van der Waals surface area contributed by atoms with E-state index < -0.39 is 0 Å². The Labute approximate surface area is 75.8 Å². The van der Waals surface area contributed by atoms with Crippen molar-refractivity contribution in [2.45, 2.75) is 46.1 Å². The highest BCUT2D eigenvalue weighted by atomic mass is 16.5. The van der Waals surface area contributed by atoms with Crippen LogP contribution in [-0.2, 0) is 4.74 Å². The maximum Gasteiger partial charge on any atom is 0.0558 e. The van der Waals surface area contributed by atoms with Crippen LogP contribution >= 0.6 is 0 Å². The van der Waals surface area contributed by atoms with Gasteiger partial charge in [-0.2, -0.15) is 0 Å². The van der Waals surface area contributed by atoms with Crippen LogP contribution in [0.5, 0.6) is 0 Å². The highest BCUT2D eigenvalue weighted by Crippen LogP contribution is 2.33. The van der Waals surface area contributed by atoms with E-state index in [2.05, 4.69) is 32.9 Å². The Bertz CT molecular complexity index is 162. The number of allylic oxidation sites excluding steroid dienone is 1. The molecular formula is C11H20O. The summed E-state index contributed by atoms with van der Waals surface area (Å²) in [6.45, 7) is 7.54. The molecular weight excluding hydrogens is 148 g/mol. The van der Waals surface area contributed by atoms with Gasteiger partial charge in [0.1, 0.15) is 0 Å². The van der Waals surface area contributed by atoms with E-state index in [1.165, 1.54) is 19.3 Å². The van der Waals surface area contributed by atoms with Gasteiger partial charge in [0.2, 0.25) is 0 Å². The summed E-state index contributed by atoms with van der Waals surface area (Å²) in [6, 6.07) is 0. The maximum atomic E-state index is 5.55. The lowest BCUT2D eigenvalue weighted by Gasteiger charge is -2.15. The fourth-order valence-electron chi connectivity index (χ4n) is 1.76. The lowest BCUT2D eigenvalue weighted by Crippen LogP contribution is -2.12. The number of hydrogen-bond donors (Lipinski definition) is 0. The van der Waals surface area contributed by atoms with Crippen molar-refractivity contribution in [3.05, 3.63) is 12.2 Å².